The molecule has 7 heteroatoms. The van der Waals surface area contributed by atoms with Gasteiger partial charge in [0.15, 0.2) is 4.77 Å². The zero-order valence-electron chi connectivity index (χ0n) is 10.7. The van der Waals surface area contributed by atoms with E-state index in [1.807, 2.05) is 22.4 Å². The highest BCUT2D eigenvalue weighted by Crippen LogP contribution is 2.23. The van der Waals surface area contributed by atoms with Crippen LogP contribution in [0.3, 0.4) is 0 Å². The number of nitrogens with zero attached hydrogens (tertiary/aromatic N) is 3. The number of aromatic nitrogens is 4. The van der Waals surface area contributed by atoms with Crippen molar-refractivity contribution in [3.05, 3.63) is 45.7 Å². The fraction of sp³-hybridized carbons (Fsp3) is 0.231. The van der Waals surface area contributed by atoms with Gasteiger partial charge in [0.05, 0.1) is 16.1 Å². The lowest BCUT2D eigenvalue weighted by molar-refractivity contribution is 0.624. The molecule has 2 aromatic heterocycles. The summed E-state index contributed by atoms with van der Waals surface area (Å²) in [5.41, 5.74) is 2.56. The quantitative estimate of drug-likeness (QED) is 0.752. The van der Waals surface area contributed by atoms with Crippen molar-refractivity contribution in [3.63, 3.8) is 0 Å². The van der Waals surface area contributed by atoms with Crippen LogP contribution < -0.4 is 0 Å². The number of rotatable bonds is 3. The number of hydrogen-bond donors (Lipinski definition) is 1. The smallest absolute Gasteiger partial charge is 0.178 e. The summed E-state index contributed by atoms with van der Waals surface area (Å²) in [6.07, 6.45) is 2.52. The first-order valence-electron chi connectivity index (χ1n) is 6.10. The van der Waals surface area contributed by atoms with Crippen LogP contribution in [0.1, 0.15) is 5.69 Å². The van der Waals surface area contributed by atoms with Gasteiger partial charge < -0.3 is 9.55 Å². The van der Waals surface area contributed by atoms with Crippen LogP contribution in [0.4, 0.5) is 4.39 Å². The van der Waals surface area contributed by atoms with E-state index in [0.29, 0.717) is 11.3 Å². The Morgan fingerprint density at radius 1 is 1.45 bits per heavy atom. The molecule has 3 aromatic rings. The van der Waals surface area contributed by atoms with E-state index in [2.05, 4.69) is 10.1 Å². The third-order valence-corrected chi connectivity index (χ3v) is 3.94. The number of aromatic amines is 1. The second-order valence-corrected chi connectivity index (χ2v) is 5.36. The predicted molar refractivity (Wildman–Crippen MR) is 79.0 cm³/mol. The van der Waals surface area contributed by atoms with Crippen molar-refractivity contribution in [3.8, 4) is 0 Å². The fourth-order valence-corrected chi connectivity index (χ4v) is 2.71. The lowest BCUT2D eigenvalue weighted by Gasteiger charge is -2.05. The molecule has 1 N–H and O–H groups in total. The monoisotopic (exact) mass is 310 g/mol. The first-order valence-corrected chi connectivity index (χ1v) is 6.89. The van der Waals surface area contributed by atoms with Gasteiger partial charge in [0.25, 0.3) is 0 Å². The molecule has 0 aliphatic heterocycles. The summed E-state index contributed by atoms with van der Waals surface area (Å²) in [4.78, 5) is 3.04. The third-order valence-electron chi connectivity index (χ3n) is 3.33. The number of hydrogen-bond acceptors (Lipinski definition) is 2. The zero-order chi connectivity index (χ0) is 14.3. The highest BCUT2D eigenvalue weighted by atomic mass is 35.5. The molecule has 1 aromatic carbocycles. The van der Waals surface area contributed by atoms with E-state index in [1.165, 1.54) is 6.07 Å². The molecule has 0 saturated carbocycles. The summed E-state index contributed by atoms with van der Waals surface area (Å²) in [6.45, 7) is 0.652. The standard InChI is InChI=1S/C13H12ClFN4S/c1-18-8(2-4-16-18)3-5-19-12-7-10(15)9(14)6-11(12)17-13(19)20/h2,4,6-7H,3,5H2,1H3,(H,17,20). The van der Waals surface area contributed by atoms with E-state index in [0.717, 1.165) is 23.1 Å². The second-order valence-electron chi connectivity index (χ2n) is 4.56. The SMILES string of the molecule is Cn1nccc1CCn1c(=S)[nH]c2cc(Cl)c(F)cc21. The average Bonchev–Trinajstić information content (AvgIpc) is 2.92. The molecule has 0 spiro atoms. The van der Waals surface area contributed by atoms with Gasteiger partial charge in [0.1, 0.15) is 5.82 Å². The van der Waals surface area contributed by atoms with Gasteiger partial charge >= 0.3 is 0 Å². The Labute approximate surface area is 124 Å². The maximum atomic E-state index is 13.6. The van der Waals surface area contributed by atoms with Crippen molar-refractivity contribution in [2.24, 2.45) is 7.05 Å². The number of H-pyrrole nitrogens is 1. The second kappa shape index (κ2) is 5.03. The lowest BCUT2D eigenvalue weighted by Crippen LogP contribution is -2.05. The maximum absolute atomic E-state index is 13.6. The van der Waals surface area contributed by atoms with E-state index in [1.54, 1.807) is 12.3 Å². The Hall–Kier alpha value is -1.66. The van der Waals surface area contributed by atoms with E-state index in [4.69, 9.17) is 23.8 Å². The highest BCUT2D eigenvalue weighted by molar-refractivity contribution is 7.71. The molecule has 0 fully saturated rings. The molecule has 2 heterocycles. The van der Waals surface area contributed by atoms with Gasteiger partial charge in [-0.1, -0.05) is 11.6 Å². The van der Waals surface area contributed by atoms with Gasteiger partial charge in [-0.3, -0.25) is 4.68 Å². The fourth-order valence-electron chi connectivity index (χ4n) is 2.25. The number of imidazole rings is 1. The molecule has 0 unspecified atom stereocenters. The number of aryl methyl sites for hydroxylation is 3. The van der Waals surface area contributed by atoms with Gasteiger partial charge in [-0.05, 0) is 24.4 Å². The molecule has 3 rings (SSSR count). The van der Waals surface area contributed by atoms with Crippen LogP contribution in [0.25, 0.3) is 11.0 Å². The zero-order valence-corrected chi connectivity index (χ0v) is 12.3. The van der Waals surface area contributed by atoms with Crippen LogP contribution in [0, 0.1) is 10.6 Å². The van der Waals surface area contributed by atoms with Gasteiger partial charge in [-0.25, -0.2) is 4.39 Å². The Kier molecular flexibility index (Phi) is 3.35. The minimum absolute atomic E-state index is 0.0903. The average molecular weight is 311 g/mol. The maximum Gasteiger partial charge on any atom is 0.178 e. The Morgan fingerprint density at radius 2 is 2.25 bits per heavy atom. The van der Waals surface area contributed by atoms with Crippen molar-refractivity contribution in [2.45, 2.75) is 13.0 Å². The number of fused-ring (bicyclic) bond motifs is 1. The molecule has 20 heavy (non-hydrogen) atoms. The highest BCUT2D eigenvalue weighted by Gasteiger charge is 2.09. The van der Waals surface area contributed by atoms with Crippen molar-refractivity contribution in [1.29, 1.82) is 0 Å². The number of halogens is 2. The summed E-state index contributed by atoms with van der Waals surface area (Å²) in [5.74, 6) is -0.442. The van der Waals surface area contributed by atoms with Crippen molar-refractivity contribution < 1.29 is 4.39 Å². The van der Waals surface area contributed by atoms with E-state index in [9.17, 15) is 4.39 Å². The van der Waals surface area contributed by atoms with Crippen LogP contribution in [-0.4, -0.2) is 19.3 Å². The first kappa shape index (κ1) is 13.3. The molecular weight excluding hydrogens is 299 g/mol. The molecule has 0 saturated heterocycles. The summed E-state index contributed by atoms with van der Waals surface area (Å²) in [7, 11) is 1.89. The molecule has 0 bridgehead atoms. The van der Waals surface area contributed by atoms with Crippen LogP contribution in [0.15, 0.2) is 24.4 Å². The summed E-state index contributed by atoms with van der Waals surface area (Å²) in [6, 6.07) is 4.92. The van der Waals surface area contributed by atoms with E-state index < -0.39 is 5.82 Å². The topological polar surface area (TPSA) is 38.5 Å². The van der Waals surface area contributed by atoms with Crippen molar-refractivity contribution >= 4 is 34.9 Å². The molecular formula is C13H12ClFN4S. The van der Waals surface area contributed by atoms with E-state index >= 15 is 0 Å². The Bertz CT molecular complexity index is 833. The van der Waals surface area contributed by atoms with Gasteiger partial charge in [-0.15, -0.1) is 0 Å². The van der Waals surface area contributed by atoms with Crippen molar-refractivity contribution in [1.82, 2.24) is 19.3 Å². The van der Waals surface area contributed by atoms with Crippen molar-refractivity contribution in [2.75, 3.05) is 0 Å². The molecule has 0 atom stereocenters. The Morgan fingerprint density at radius 3 is 2.95 bits per heavy atom. The van der Waals surface area contributed by atoms with E-state index in [-0.39, 0.29) is 5.02 Å². The summed E-state index contributed by atoms with van der Waals surface area (Å²) >= 11 is 11.1. The van der Waals surface area contributed by atoms with Crippen LogP contribution in [-0.2, 0) is 20.0 Å². The summed E-state index contributed by atoms with van der Waals surface area (Å²) in [5, 5.41) is 4.21. The minimum Gasteiger partial charge on any atom is -0.331 e. The molecule has 0 amide bonds. The largest absolute Gasteiger partial charge is 0.331 e. The molecule has 104 valence electrons. The van der Waals surface area contributed by atoms with Crippen LogP contribution >= 0.6 is 23.8 Å². The number of benzene rings is 1. The van der Waals surface area contributed by atoms with Gasteiger partial charge in [0, 0.05) is 38.0 Å². The minimum atomic E-state index is -0.442. The lowest BCUT2D eigenvalue weighted by atomic mass is 10.2. The molecule has 0 radical (unpaired) electrons. The molecule has 4 nitrogen and oxygen atoms in total. The molecule has 0 aliphatic carbocycles. The first-order chi connectivity index (χ1) is 9.56. The van der Waals surface area contributed by atoms with Gasteiger partial charge in [0.2, 0.25) is 0 Å². The van der Waals surface area contributed by atoms with Crippen LogP contribution in [0.2, 0.25) is 5.02 Å². The Balaban J connectivity index is 1.99. The number of nitrogens with one attached hydrogen (secondary N) is 1. The summed E-state index contributed by atoms with van der Waals surface area (Å²) < 4.78 is 17.9. The predicted octanol–water partition coefficient (Wildman–Crippen LogP) is 3.47. The van der Waals surface area contributed by atoms with Gasteiger partial charge in [-0.2, -0.15) is 5.10 Å². The molecule has 0 aliphatic rings. The third kappa shape index (κ3) is 2.25. The normalized spacial score (nSPS) is 11.3. The van der Waals surface area contributed by atoms with Crippen LogP contribution in [0.5, 0.6) is 0 Å².